The van der Waals surface area contributed by atoms with Crippen LogP contribution in [0.2, 0.25) is 0 Å². The third-order valence-electron chi connectivity index (χ3n) is 2.06. The number of hydrogen-bond donors (Lipinski definition) is 0. The Balaban J connectivity index is 3.54. The van der Waals surface area contributed by atoms with Crippen LogP contribution in [0.25, 0.3) is 0 Å². The van der Waals surface area contributed by atoms with Gasteiger partial charge >= 0.3 is 18.5 Å². The van der Waals surface area contributed by atoms with Crippen molar-refractivity contribution in [3.8, 4) is 11.6 Å². The minimum atomic E-state index is -5.26. The lowest BCUT2D eigenvalue weighted by atomic mass is 10.1. The molecule has 0 radical (unpaired) electrons. The molecule has 1 heterocycles. The van der Waals surface area contributed by atoms with E-state index in [0.29, 0.717) is 6.07 Å². The third-order valence-corrected chi connectivity index (χ3v) is 2.06. The molecule has 21 heavy (non-hydrogen) atoms. The summed E-state index contributed by atoms with van der Waals surface area (Å²) in [7, 11) is 1.65. The molecule has 1 aromatic heterocycles. The van der Waals surface area contributed by atoms with Crippen molar-refractivity contribution in [1.82, 2.24) is 4.98 Å². The minimum Gasteiger partial charge on any atom is -0.496 e. The Bertz CT molecular complexity index is 540. The summed E-state index contributed by atoms with van der Waals surface area (Å²) in [5.41, 5.74) is -3.06. The number of alkyl halides is 6. The number of nitrogens with zero attached hydrogens (tertiary/aromatic N) is 1. The molecule has 0 aliphatic heterocycles. The molecule has 0 aliphatic carbocycles. The summed E-state index contributed by atoms with van der Waals surface area (Å²) in [6.45, 7) is 0. The Morgan fingerprint density at radius 1 is 1.14 bits per heavy atom. The molecule has 0 fully saturated rings. The number of aromatic nitrogens is 1. The van der Waals surface area contributed by atoms with Crippen LogP contribution in [0.3, 0.4) is 0 Å². The van der Waals surface area contributed by atoms with Gasteiger partial charge in [-0.15, -0.1) is 13.2 Å². The number of hydrogen-bond acceptors (Lipinski definition) is 5. The van der Waals surface area contributed by atoms with Crippen molar-refractivity contribution in [1.29, 1.82) is 0 Å². The van der Waals surface area contributed by atoms with E-state index in [-0.39, 0.29) is 0 Å². The van der Waals surface area contributed by atoms with E-state index < -0.39 is 41.4 Å². The van der Waals surface area contributed by atoms with E-state index in [4.69, 9.17) is 0 Å². The smallest absolute Gasteiger partial charge is 0.496 e. The maximum Gasteiger partial charge on any atom is 0.574 e. The molecule has 0 bridgehead atoms. The summed E-state index contributed by atoms with van der Waals surface area (Å²) in [6.07, 6.45) is -10.5. The molecule has 1 aromatic rings. The number of esters is 1. The van der Waals surface area contributed by atoms with Gasteiger partial charge in [0.2, 0.25) is 5.88 Å². The number of halogens is 6. The Morgan fingerprint density at radius 3 is 2.10 bits per heavy atom. The molecule has 5 nitrogen and oxygen atoms in total. The van der Waals surface area contributed by atoms with Crippen LogP contribution in [0.4, 0.5) is 26.3 Å². The van der Waals surface area contributed by atoms with Gasteiger partial charge in [-0.05, 0) is 0 Å². The van der Waals surface area contributed by atoms with Crippen LogP contribution >= 0.6 is 0 Å². The van der Waals surface area contributed by atoms with Crippen molar-refractivity contribution in [3.05, 3.63) is 17.3 Å². The normalized spacial score (nSPS) is 12.0. The summed E-state index contributed by atoms with van der Waals surface area (Å²) >= 11 is 0. The van der Waals surface area contributed by atoms with E-state index in [1.54, 1.807) is 0 Å². The largest absolute Gasteiger partial charge is 0.574 e. The molecule has 0 unspecified atom stereocenters. The zero-order chi connectivity index (χ0) is 16.4. The molecule has 0 spiro atoms. The van der Waals surface area contributed by atoms with Crippen LogP contribution < -0.4 is 9.47 Å². The number of rotatable bonds is 3. The van der Waals surface area contributed by atoms with Gasteiger partial charge in [0.15, 0.2) is 5.69 Å². The van der Waals surface area contributed by atoms with Crippen molar-refractivity contribution in [2.75, 3.05) is 14.2 Å². The highest BCUT2D eigenvalue weighted by Gasteiger charge is 2.42. The molecule has 0 saturated carbocycles. The third kappa shape index (κ3) is 4.13. The molecule has 1 rings (SSSR count). The van der Waals surface area contributed by atoms with E-state index in [2.05, 4.69) is 19.2 Å². The maximum atomic E-state index is 12.8. The fourth-order valence-electron chi connectivity index (χ4n) is 1.34. The predicted molar refractivity (Wildman–Crippen MR) is 53.8 cm³/mol. The Labute approximate surface area is 113 Å². The van der Waals surface area contributed by atoms with Crippen molar-refractivity contribution < 1.29 is 45.3 Å². The molecule has 0 N–H and O–H groups in total. The van der Waals surface area contributed by atoms with Gasteiger partial charge in [0.05, 0.1) is 14.2 Å². The lowest BCUT2D eigenvalue weighted by Gasteiger charge is -2.16. The van der Waals surface area contributed by atoms with Gasteiger partial charge in [0, 0.05) is 6.07 Å². The lowest BCUT2D eigenvalue weighted by Crippen LogP contribution is -2.22. The van der Waals surface area contributed by atoms with Gasteiger partial charge in [-0.1, -0.05) is 0 Å². The quantitative estimate of drug-likeness (QED) is 0.633. The second-order valence-corrected chi connectivity index (χ2v) is 3.42. The summed E-state index contributed by atoms with van der Waals surface area (Å²) in [5.74, 6) is -3.70. The van der Waals surface area contributed by atoms with Crippen LogP contribution in [0.15, 0.2) is 6.07 Å². The van der Waals surface area contributed by atoms with Gasteiger partial charge in [-0.25, -0.2) is 9.78 Å². The number of ether oxygens (including phenoxy) is 3. The Morgan fingerprint density at radius 2 is 1.71 bits per heavy atom. The van der Waals surface area contributed by atoms with Crippen molar-refractivity contribution in [2.24, 2.45) is 0 Å². The topological polar surface area (TPSA) is 57.7 Å². The molecule has 0 aliphatic rings. The van der Waals surface area contributed by atoms with Gasteiger partial charge in [-0.3, -0.25) is 0 Å². The highest BCUT2D eigenvalue weighted by molar-refractivity contribution is 5.94. The summed E-state index contributed by atoms with van der Waals surface area (Å²) < 4.78 is 86.5. The first-order chi connectivity index (χ1) is 9.49. The van der Waals surface area contributed by atoms with Gasteiger partial charge in [-0.2, -0.15) is 13.2 Å². The van der Waals surface area contributed by atoms with E-state index in [9.17, 15) is 31.1 Å². The monoisotopic (exact) mass is 319 g/mol. The molecule has 118 valence electrons. The van der Waals surface area contributed by atoms with Crippen LogP contribution in [-0.2, 0) is 10.9 Å². The zero-order valence-corrected chi connectivity index (χ0v) is 10.4. The molecular formula is C10H7F6NO4. The maximum absolute atomic E-state index is 12.8. The van der Waals surface area contributed by atoms with Crippen LogP contribution in [0, 0.1) is 0 Å². The second kappa shape index (κ2) is 5.66. The fraction of sp³-hybridized carbons (Fsp3) is 0.400. The van der Waals surface area contributed by atoms with Crippen LogP contribution in [0.5, 0.6) is 11.6 Å². The van der Waals surface area contributed by atoms with Crippen LogP contribution in [-0.4, -0.2) is 31.5 Å². The van der Waals surface area contributed by atoms with Crippen molar-refractivity contribution in [2.45, 2.75) is 12.5 Å². The van der Waals surface area contributed by atoms with Crippen molar-refractivity contribution in [3.63, 3.8) is 0 Å². The second-order valence-electron chi connectivity index (χ2n) is 3.42. The molecule has 0 aromatic carbocycles. The Kier molecular flexibility index (Phi) is 4.54. The molecule has 0 amide bonds. The van der Waals surface area contributed by atoms with E-state index >= 15 is 0 Å². The average molecular weight is 319 g/mol. The zero-order valence-electron chi connectivity index (χ0n) is 10.4. The highest BCUT2D eigenvalue weighted by Crippen LogP contribution is 2.38. The first-order valence-corrected chi connectivity index (χ1v) is 5.00. The standard InChI is InChI=1S/C10H7F6NO4/c1-19-4-3-5(21-10(14,15)16)17-7(9(11,12)13)6(4)8(18)20-2/h3H,1-2H3. The average Bonchev–Trinajstić information content (AvgIpc) is 2.33. The predicted octanol–water partition coefficient (Wildman–Crippen LogP) is 2.79. The van der Waals surface area contributed by atoms with Gasteiger partial charge in [0.25, 0.3) is 0 Å². The summed E-state index contributed by atoms with van der Waals surface area (Å²) in [5, 5.41) is 0. The fourth-order valence-corrected chi connectivity index (χ4v) is 1.34. The number of carbonyl (C=O) groups excluding carboxylic acids is 1. The number of methoxy groups -OCH3 is 2. The first kappa shape index (κ1) is 16.9. The SMILES string of the molecule is COC(=O)c1c(OC)cc(OC(F)(F)F)nc1C(F)(F)F. The molecule has 11 heteroatoms. The number of carbonyl (C=O) groups is 1. The molecular weight excluding hydrogens is 312 g/mol. The van der Waals surface area contributed by atoms with Crippen LogP contribution in [0.1, 0.15) is 16.1 Å². The molecule has 0 saturated heterocycles. The van der Waals surface area contributed by atoms with Gasteiger partial charge in [0.1, 0.15) is 11.3 Å². The Hall–Kier alpha value is -2.20. The van der Waals surface area contributed by atoms with E-state index in [1.165, 1.54) is 0 Å². The first-order valence-electron chi connectivity index (χ1n) is 5.00. The lowest BCUT2D eigenvalue weighted by molar-refractivity contribution is -0.276. The minimum absolute atomic E-state index is 0.398. The molecule has 0 atom stereocenters. The van der Waals surface area contributed by atoms with Crippen molar-refractivity contribution >= 4 is 5.97 Å². The highest BCUT2D eigenvalue weighted by atomic mass is 19.4. The van der Waals surface area contributed by atoms with Gasteiger partial charge < -0.3 is 14.2 Å². The van der Waals surface area contributed by atoms with E-state index in [0.717, 1.165) is 14.2 Å². The number of pyridine rings is 1. The summed E-state index contributed by atoms with van der Waals surface area (Å²) in [6, 6.07) is 0.398. The summed E-state index contributed by atoms with van der Waals surface area (Å²) in [4.78, 5) is 14.0. The van der Waals surface area contributed by atoms with E-state index in [1.807, 2.05) is 0 Å².